The lowest BCUT2D eigenvalue weighted by molar-refractivity contribution is -0.136. The zero-order valence-electron chi connectivity index (χ0n) is 12.3. The Morgan fingerprint density at radius 2 is 2.14 bits per heavy atom. The van der Waals surface area contributed by atoms with Gasteiger partial charge in [0, 0.05) is 4.90 Å². The van der Waals surface area contributed by atoms with Crippen LogP contribution in [0.3, 0.4) is 0 Å². The normalized spacial score (nSPS) is 27.6. The van der Waals surface area contributed by atoms with Crippen LogP contribution in [0.15, 0.2) is 29.2 Å². The molecule has 1 amide bonds. The third-order valence-corrected chi connectivity index (χ3v) is 5.37. The number of amides is 1. The van der Waals surface area contributed by atoms with E-state index in [1.807, 2.05) is 6.07 Å². The molecule has 2 fully saturated rings. The van der Waals surface area contributed by atoms with Crippen LogP contribution in [0.2, 0.25) is 0 Å². The molecule has 2 N–H and O–H groups in total. The summed E-state index contributed by atoms with van der Waals surface area (Å²) in [6.45, 7) is 1.62. The molecule has 0 saturated carbocycles. The second-order valence-corrected chi connectivity index (χ2v) is 7.17. The molecule has 0 spiro atoms. The second kappa shape index (κ2) is 6.30. The molecule has 1 aromatic rings. The Hall–Kier alpha value is -1.53. The summed E-state index contributed by atoms with van der Waals surface area (Å²) < 4.78 is 5.75. The minimum absolute atomic E-state index is 0.0706. The first kappa shape index (κ1) is 15.4. The first-order valence-electron chi connectivity index (χ1n) is 7.49. The molecule has 5 nitrogen and oxygen atoms in total. The number of carbonyl (C=O) groups excluding carboxylic acids is 1. The summed E-state index contributed by atoms with van der Waals surface area (Å²) in [5.41, 5.74) is 0.531. The number of carbonyl (C=O) groups is 2. The van der Waals surface area contributed by atoms with Gasteiger partial charge in [0.15, 0.2) is 0 Å². The van der Waals surface area contributed by atoms with E-state index in [4.69, 9.17) is 9.84 Å². The van der Waals surface area contributed by atoms with E-state index in [-0.39, 0.29) is 24.2 Å². The van der Waals surface area contributed by atoms with E-state index in [0.717, 1.165) is 19.3 Å². The fraction of sp³-hybridized carbons (Fsp3) is 0.500. The van der Waals surface area contributed by atoms with Crippen LogP contribution in [0.25, 0.3) is 0 Å². The SMILES string of the molecule is CC(Sc1ccccc1C(=O)N[C@@H]1C[C@H]2CC[C@@H]1O2)C(=O)O. The van der Waals surface area contributed by atoms with Gasteiger partial charge in [0.05, 0.1) is 23.8 Å². The smallest absolute Gasteiger partial charge is 0.316 e. The van der Waals surface area contributed by atoms with Crippen LogP contribution in [-0.4, -0.2) is 40.5 Å². The van der Waals surface area contributed by atoms with Crippen molar-refractivity contribution in [1.82, 2.24) is 5.32 Å². The van der Waals surface area contributed by atoms with Gasteiger partial charge in [-0.1, -0.05) is 12.1 Å². The third kappa shape index (κ3) is 3.13. The number of rotatable bonds is 5. The largest absolute Gasteiger partial charge is 0.480 e. The predicted octanol–water partition coefficient (Wildman–Crippen LogP) is 2.30. The monoisotopic (exact) mass is 321 g/mol. The lowest BCUT2D eigenvalue weighted by Gasteiger charge is -2.21. The quantitative estimate of drug-likeness (QED) is 0.814. The number of thioether (sulfide) groups is 1. The lowest BCUT2D eigenvalue weighted by Crippen LogP contribution is -2.41. The molecule has 22 heavy (non-hydrogen) atoms. The van der Waals surface area contributed by atoms with Gasteiger partial charge in [-0.3, -0.25) is 9.59 Å². The van der Waals surface area contributed by atoms with Gasteiger partial charge in [0.25, 0.3) is 5.91 Å². The summed E-state index contributed by atoms with van der Waals surface area (Å²) in [5, 5.41) is 11.5. The topological polar surface area (TPSA) is 75.6 Å². The van der Waals surface area contributed by atoms with Crippen molar-refractivity contribution in [3.8, 4) is 0 Å². The molecule has 1 unspecified atom stereocenters. The Morgan fingerprint density at radius 1 is 1.36 bits per heavy atom. The fourth-order valence-electron chi connectivity index (χ4n) is 3.03. The number of ether oxygens (including phenoxy) is 1. The molecule has 2 saturated heterocycles. The number of hydrogen-bond donors (Lipinski definition) is 2. The third-order valence-electron chi connectivity index (χ3n) is 4.21. The van der Waals surface area contributed by atoms with E-state index in [9.17, 15) is 9.59 Å². The Morgan fingerprint density at radius 3 is 2.77 bits per heavy atom. The molecule has 2 aliphatic heterocycles. The van der Waals surface area contributed by atoms with E-state index >= 15 is 0 Å². The van der Waals surface area contributed by atoms with Crippen LogP contribution < -0.4 is 5.32 Å². The minimum atomic E-state index is -0.887. The predicted molar refractivity (Wildman–Crippen MR) is 83.2 cm³/mol. The summed E-state index contributed by atoms with van der Waals surface area (Å²) >= 11 is 1.19. The summed E-state index contributed by atoms with van der Waals surface area (Å²) in [6, 6.07) is 7.20. The number of carboxylic acid groups (broad SMARTS) is 1. The lowest BCUT2D eigenvalue weighted by atomic mass is 9.95. The average molecular weight is 321 g/mol. The molecule has 6 heteroatoms. The highest BCUT2D eigenvalue weighted by Crippen LogP contribution is 2.35. The first-order chi connectivity index (χ1) is 10.5. The maximum Gasteiger partial charge on any atom is 0.316 e. The molecule has 4 atom stereocenters. The maximum absolute atomic E-state index is 12.5. The zero-order valence-corrected chi connectivity index (χ0v) is 13.1. The van der Waals surface area contributed by atoms with E-state index in [1.54, 1.807) is 25.1 Å². The van der Waals surface area contributed by atoms with Crippen molar-refractivity contribution in [2.75, 3.05) is 0 Å². The minimum Gasteiger partial charge on any atom is -0.480 e. The van der Waals surface area contributed by atoms with E-state index in [1.165, 1.54) is 11.8 Å². The highest BCUT2D eigenvalue weighted by molar-refractivity contribution is 8.00. The molecule has 0 aromatic heterocycles. The van der Waals surface area contributed by atoms with Gasteiger partial charge in [-0.15, -0.1) is 11.8 Å². The highest BCUT2D eigenvalue weighted by atomic mass is 32.2. The molecule has 2 aliphatic rings. The van der Waals surface area contributed by atoms with E-state index < -0.39 is 11.2 Å². The van der Waals surface area contributed by atoms with Crippen LogP contribution in [0.1, 0.15) is 36.5 Å². The maximum atomic E-state index is 12.5. The van der Waals surface area contributed by atoms with Crippen molar-refractivity contribution in [2.24, 2.45) is 0 Å². The van der Waals surface area contributed by atoms with Crippen LogP contribution in [-0.2, 0) is 9.53 Å². The van der Waals surface area contributed by atoms with Crippen molar-refractivity contribution in [3.63, 3.8) is 0 Å². The van der Waals surface area contributed by atoms with Crippen LogP contribution in [0.5, 0.6) is 0 Å². The second-order valence-electron chi connectivity index (χ2n) is 5.78. The van der Waals surface area contributed by atoms with Gasteiger partial charge >= 0.3 is 5.97 Å². The number of nitrogens with one attached hydrogen (secondary N) is 1. The van der Waals surface area contributed by atoms with Crippen molar-refractivity contribution in [2.45, 2.75) is 54.6 Å². The summed E-state index contributed by atoms with van der Waals surface area (Å²) in [6.07, 6.45) is 3.37. The fourth-order valence-corrected chi connectivity index (χ4v) is 3.96. The molecule has 0 aliphatic carbocycles. The van der Waals surface area contributed by atoms with Crippen molar-refractivity contribution in [1.29, 1.82) is 0 Å². The summed E-state index contributed by atoms with van der Waals surface area (Å²) in [7, 11) is 0. The van der Waals surface area contributed by atoms with Gasteiger partial charge < -0.3 is 15.2 Å². The van der Waals surface area contributed by atoms with Crippen LogP contribution in [0.4, 0.5) is 0 Å². The first-order valence-corrected chi connectivity index (χ1v) is 8.37. The van der Waals surface area contributed by atoms with Crippen molar-refractivity contribution in [3.05, 3.63) is 29.8 Å². The van der Waals surface area contributed by atoms with E-state index in [0.29, 0.717) is 10.5 Å². The molecular weight excluding hydrogens is 302 g/mol. The Balaban J connectivity index is 1.71. The number of aliphatic carboxylic acids is 1. The van der Waals surface area contributed by atoms with Gasteiger partial charge in [-0.05, 0) is 38.3 Å². The summed E-state index contributed by atoms with van der Waals surface area (Å²) in [4.78, 5) is 24.2. The van der Waals surface area contributed by atoms with Crippen molar-refractivity contribution >= 4 is 23.6 Å². The molecular formula is C16H19NO4S. The van der Waals surface area contributed by atoms with Crippen LogP contribution >= 0.6 is 11.8 Å². The molecule has 1 aromatic carbocycles. The molecule has 3 rings (SSSR count). The van der Waals surface area contributed by atoms with E-state index in [2.05, 4.69) is 5.32 Å². The van der Waals surface area contributed by atoms with Gasteiger partial charge in [0.1, 0.15) is 5.25 Å². The average Bonchev–Trinajstić information content (AvgIpc) is 3.10. The molecule has 118 valence electrons. The Bertz CT molecular complexity index is 591. The van der Waals surface area contributed by atoms with Crippen molar-refractivity contribution < 1.29 is 19.4 Å². The number of benzene rings is 1. The standard InChI is InChI=1S/C16H19NO4S/c1-9(16(19)20)22-14-5-3-2-4-11(14)15(18)17-12-8-10-6-7-13(12)21-10/h2-5,9-10,12-13H,6-8H2,1H3,(H,17,18)(H,19,20)/t9?,10-,12-,13+/m1/s1. The zero-order chi connectivity index (χ0) is 15.7. The molecule has 0 radical (unpaired) electrons. The Labute approximate surface area is 133 Å². The van der Waals surface area contributed by atoms with Gasteiger partial charge in [-0.25, -0.2) is 0 Å². The number of carboxylic acids is 1. The van der Waals surface area contributed by atoms with Crippen LogP contribution in [0, 0.1) is 0 Å². The number of hydrogen-bond acceptors (Lipinski definition) is 4. The van der Waals surface area contributed by atoms with Gasteiger partial charge in [0.2, 0.25) is 0 Å². The van der Waals surface area contributed by atoms with Gasteiger partial charge in [-0.2, -0.15) is 0 Å². The summed E-state index contributed by atoms with van der Waals surface area (Å²) in [5.74, 6) is -1.04. The molecule has 2 heterocycles. The molecule has 2 bridgehead atoms. The highest BCUT2D eigenvalue weighted by Gasteiger charge is 2.41. The Kier molecular flexibility index (Phi) is 4.40. The number of fused-ring (bicyclic) bond motifs is 2.